The zero-order chi connectivity index (χ0) is 16.2. The molecule has 0 saturated heterocycles. The molecule has 3 aromatic heterocycles. The third-order valence-corrected chi connectivity index (χ3v) is 3.09. The first-order valence-corrected chi connectivity index (χ1v) is 7.51. The van der Waals surface area contributed by atoms with E-state index in [-0.39, 0.29) is 0 Å². The zero-order valence-electron chi connectivity index (χ0n) is 11.9. The molecule has 3 aromatic rings. The summed E-state index contributed by atoms with van der Waals surface area (Å²) < 4.78 is 34.8. The van der Waals surface area contributed by atoms with Gasteiger partial charge in [-0.05, 0) is 12.1 Å². The highest BCUT2D eigenvalue weighted by Crippen LogP contribution is 2.13. The molecule has 0 atom stereocenters. The number of fused-ring (bicyclic) bond motifs is 1. The van der Waals surface area contributed by atoms with Gasteiger partial charge in [-0.3, -0.25) is 4.18 Å². The van der Waals surface area contributed by atoms with Crippen LogP contribution in [0.15, 0.2) is 48.9 Å². The highest BCUT2D eigenvalue weighted by molar-refractivity contribution is 7.80. The molecule has 0 radical (unpaired) electrons. The first kappa shape index (κ1) is 16.0. The molecule has 0 aliphatic carbocycles. The van der Waals surface area contributed by atoms with Crippen molar-refractivity contribution in [2.45, 2.75) is 0 Å². The molecule has 0 bridgehead atoms. The molecule has 0 spiro atoms. The average Bonchev–Trinajstić information content (AvgIpc) is 2.92. The van der Waals surface area contributed by atoms with Crippen molar-refractivity contribution in [1.82, 2.24) is 14.6 Å². The summed E-state index contributed by atoms with van der Waals surface area (Å²) >= 11 is 0. The van der Waals surface area contributed by atoms with Crippen LogP contribution in [0, 0.1) is 0 Å². The van der Waals surface area contributed by atoms with E-state index >= 15 is 0 Å². The lowest BCUT2D eigenvalue weighted by Gasteiger charge is -1.98. The SMILES string of the molecule is COS(=O)(=O)[O-].C[n+]1ccc(-c2nc3ccccn3n2)cc1. The second kappa shape index (κ2) is 6.60. The molecule has 0 fully saturated rings. The van der Waals surface area contributed by atoms with Crippen LogP contribution < -0.4 is 4.57 Å². The maximum Gasteiger partial charge on any atom is 0.217 e. The summed E-state index contributed by atoms with van der Waals surface area (Å²) in [7, 11) is -1.62. The van der Waals surface area contributed by atoms with Crippen LogP contribution in [0.3, 0.4) is 0 Å². The number of pyridine rings is 2. The minimum absolute atomic E-state index is 0.756. The van der Waals surface area contributed by atoms with Crippen molar-refractivity contribution < 1.29 is 21.7 Å². The first-order chi connectivity index (χ1) is 10.4. The van der Waals surface area contributed by atoms with Crippen LogP contribution in [-0.4, -0.2) is 34.7 Å². The van der Waals surface area contributed by atoms with Crippen LogP contribution in [0.4, 0.5) is 0 Å². The number of rotatable bonds is 2. The summed E-state index contributed by atoms with van der Waals surface area (Å²) in [6.07, 6.45) is 5.87. The molecular formula is C13H14N4O4S. The molecule has 3 heterocycles. The van der Waals surface area contributed by atoms with Gasteiger partial charge < -0.3 is 4.55 Å². The van der Waals surface area contributed by atoms with Crippen molar-refractivity contribution in [2.24, 2.45) is 7.05 Å². The van der Waals surface area contributed by atoms with Crippen LogP contribution in [0.2, 0.25) is 0 Å². The van der Waals surface area contributed by atoms with Crippen molar-refractivity contribution in [3.05, 3.63) is 48.9 Å². The molecule has 0 aromatic carbocycles. The fraction of sp³-hybridized carbons (Fsp3) is 0.154. The number of hydrogen-bond acceptors (Lipinski definition) is 6. The van der Waals surface area contributed by atoms with Gasteiger partial charge in [0, 0.05) is 23.9 Å². The Balaban J connectivity index is 0.000000254. The lowest BCUT2D eigenvalue weighted by molar-refractivity contribution is -0.671. The maximum absolute atomic E-state index is 9.22. The maximum atomic E-state index is 9.22. The fourth-order valence-corrected chi connectivity index (χ4v) is 1.60. The van der Waals surface area contributed by atoms with Crippen LogP contribution in [0.5, 0.6) is 0 Å². The van der Waals surface area contributed by atoms with Crippen LogP contribution in [0.25, 0.3) is 17.0 Å². The van der Waals surface area contributed by atoms with E-state index in [1.165, 1.54) is 0 Å². The Hall–Kier alpha value is -2.36. The monoisotopic (exact) mass is 322 g/mol. The van der Waals surface area contributed by atoms with E-state index in [0.29, 0.717) is 0 Å². The van der Waals surface area contributed by atoms with Crippen molar-refractivity contribution in [3.8, 4) is 11.4 Å². The van der Waals surface area contributed by atoms with Gasteiger partial charge in [-0.1, -0.05) is 6.07 Å². The average molecular weight is 322 g/mol. The molecule has 0 aliphatic rings. The van der Waals surface area contributed by atoms with Crippen molar-refractivity contribution in [3.63, 3.8) is 0 Å². The number of nitrogens with zero attached hydrogens (tertiary/aromatic N) is 4. The Morgan fingerprint density at radius 3 is 2.41 bits per heavy atom. The molecule has 3 rings (SSSR count). The van der Waals surface area contributed by atoms with E-state index in [9.17, 15) is 13.0 Å². The molecule has 22 heavy (non-hydrogen) atoms. The molecule has 0 N–H and O–H groups in total. The van der Waals surface area contributed by atoms with Gasteiger partial charge >= 0.3 is 0 Å². The predicted molar refractivity (Wildman–Crippen MR) is 76.3 cm³/mol. The lowest BCUT2D eigenvalue weighted by atomic mass is 10.2. The second-order valence-corrected chi connectivity index (χ2v) is 5.42. The normalized spacial score (nSPS) is 11.0. The van der Waals surface area contributed by atoms with Gasteiger partial charge in [0.1, 0.15) is 7.05 Å². The minimum Gasteiger partial charge on any atom is -0.726 e. The van der Waals surface area contributed by atoms with E-state index in [1.807, 2.05) is 60.5 Å². The standard InChI is InChI=1S/C12H11N4.CH4O4S/c1-15-8-5-10(6-9-15)12-13-11-4-2-3-7-16(11)14-12;1-5-6(2,3)4/h2-9H,1H3;1H3,(H,2,3,4)/q+1;/p-1. The first-order valence-electron chi connectivity index (χ1n) is 6.17. The number of hydrogen-bond donors (Lipinski definition) is 0. The Morgan fingerprint density at radius 2 is 1.86 bits per heavy atom. The minimum atomic E-state index is -4.41. The van der Waals surface area contributed by atoms with Gasteiger partial charge in [0.05, 0.1) is 7.11 Å². The zero-order valence-corrected chi connectivity index (χ0v) is 12.8. The van der Waals surface area contributed by atoms with E-state index in [1.54, 1.807) is 4.52 Å². The molecule has 116 valence electrons. The van der Waals surface area contributed by atoms with Crippen LogP contribution in [0.1, 0.15) is 0 Å². The largest absolute Gasteiger partial charge is 0.726 e. The topological polar surface area (TPSA) is 100 Å². The van der Waals surface area contributed by atoms with E-state index in [2.05, 4.69) is 14.3 Å². The van der Waals surface area contributed by atoms with Gasteiger partial charge in [0.25, 0.3) is 0 Å². The molecule has 0 amide bonds. The Kier molecular flexibility index (Phi) is 4.81. The van der Waals surface area contributed by atoms with E-state index in [4.69, 9.17) is 0 Å². The third kappa shape index (κ3) is 4.32. The van der Waals surface area contributed by atoms with Gasteiger partial charge in [0.2, 0.25) is 10.4 Å². The highest BCUT2D eigenvalue weighted by Gasteiger charge is 2.06. The molecule has 0 aliphatic heterocycles. The van der Waals surface area contributed by atoms with Crippen molar-refractivity contribution in [2.75, 3.05) is 7.11 Å². The van der Waals surface area contributed by atoms with Gasteiger partial charge in [-0.2, -0.15) is 0 Å². The predicted octanol–water partition coefficient (Wildman–Crippen LogP) is 0.314. The summed E-state index contributed by atoms with van der Waals surface area (Å²) in [5, 5.41) is 4.41. The van der Waals surface area contributed by atoms with E-state index in [0.717, 1.165) is 24.1 Å². The smallest absolute Gasteiger partial charge is 0.217 e. The molecule has 8 nitrogen and oxygen atoms in total. The van der Waals surface area contributed by atoms with Crippen molar-refractivity contribution >= 4 is 16.0 Å². The number of aryl methyl sites for hydroxylation is 1. The summed E-state index contributed by atoms with van der Waals surface area (Å²) in [5.41, 5.74) is 1.90. The Labute approximate surface area is 127 Å². The Morgan fingerprint density at radius 1 is 1.23 bits per heavy atom. The molecular weight excluding hydrogens is 308 g/mol. The summed E-state index contributed by atoms with van der Waals surface area (Å²) in [6.45, 7) is 0. The van der Waals surface area contributed by atoms with Crippen LogP contribution >= 0.6 is 0 Å². The quantitative estimate of drug-likeness (QED) is 0.382. The summed E-state index contributed by atoms with van der Waals surface area (Å²) in [5.74, 6) is 0.756. The van der Waals surface area contributed by atoms with Crippen LogP contribution in [-0.2, 0) is 21.6 Å². The molecule has 0 saturated carbocycles. The van der Waals surface area contributed by atoms with Gasteiger partial charge in [0.15, 0.2) is 23.9 Å². The summed E-state index contributed by atoms with van der Waals surface area (Å²) in [6, 6.07) is 9.86. The Bertz CT molecular complexity index is 826. The number of aromatic nitrogens is 4. The van der Waals surface area contributed by atoms with Gasteiger partial charge in [-0.15, -0.1) is 5.10 Å². The molecule has 0 unspecified atom stereocenters. The second-order valence-electron chi connectivity index (χ2n) is 4.27. The highest BCUT2D eigenvalue weighted by atomic mass is 32.3. The van der Waals surface area contributed by atoms with Gasteiger partial charge in [-0.25, -0.2) is 22.5 Å². The lowest BCUT2D eigenvalue weighted by Crippen LogP contribution is -2.25. The summed E-state index contributed by atoms with van der Waals surface area (Å²) in [4.78, 5) is 4.46. The third-order valence-electron chi connectivity index (χ3n) is 2.68. The fourth-order valence-electron chi connectivity index (χ4n) is 1.60. The van der Waals surface area contributed by atoms with E-state index < -0.39 is 10.4 Å². The van der Waals surface area contributed by atoms with Crippen molar-refractivity contribution in [1.29, 1.82) is 0 Å². The molecule has 9 heteroatoms.